The van der Waals surface area contributed by atoms with Gasteiger partial charge in [-0.3, -0.25) is 4.79 Å². The minimum absolute atomic E-state index is 0.309. The van der Waals surface area contributed by atoms with Crippen LogP contribution in [0.5, 0.6) is 5.75 Å². The molecule has 4 nitrogen and oxygen atoms in total. The molecular weight excluding hydrogens is 290 g/mol. The van der Waals surface area contributed by atoms with Gasteiger partial charge in [-0.2, -0.15) is 0 Å². The number of oxazole rings is 1. The Morgan fingerprint density at radius 1 is 0.957 bits per heavy atom. The number of hydrogen-bond acceptors (Lipinski definition) is 4. The lowest BCUT2D eigenvalue weighted by atomic mass is 10.2. The highest BCUT2D eigenvalue weighted by Gasteiger charge is 2.02. The molecule has 3 aromatic rings. The molecule has 114 valence electrons. The summed E-state index contributed by atoms with van der Waals surface area (Å²) in [6, 6.07) is 16.9. The van der Waals surface area contributed by atoms with Crippen molar-refractivity contribution in [1.29, 1.82) is 0 Å². The van der Waals surface area contributed by atoms with Crippen LogP contribution in [0.25, 0.3) is 12.2 Å². The number of aldehydes is 1. The predicted molar refractivity (Wildman–Crippen MR) is 88.0 cm³/mol. The van der Waals surface area contributed by atoms with Crippen LogP contribution < -0.4 is 4.74 Å². The average molecular weight is 305 g/mol. The fourth-order valence-electron chi connectivity index (χ4n) is 2.00. The van der Waals surface area contributed by atoms with Gasteiger partial charge < -0.3 is 9.15 Å². The summed E-state index contributed by atoms with van der Waals surface area (Å²) in [7, 11) is 0. The molecule has 2 aromatic carbocycles. The molecule has 0 spiro atoms. The molecule has 0 bridgehead atoms. The van der Waals surface area contributed by atoms with E-state index in [2.05, 4.69) is 4.98 Å². The van der Waals surface area contributed by atoms with Gasteiger partial charge in [-0.25, -0.2) is 4.98 Å². The molecule has 0 aliphatic carbocycles. The van der Waals surface area contributed by atoms with Gasteiger partial charge in [0.1, 0.15) is 30.6 Å². The first-order valence-electron chi connectivity index (χ1n) is 7.19. The SMILES string of the molecule is O=Cc1ccc(OCc2coc(C=Cc3ccccc3)n2)cc1. The van der Waals surface area contributed by atoms with E-state index in [0.717, 1.165) is 11.8 Å². The Morgan fingerprint density at radius 3 is 2.48 bits per heavy atom. The number of nitrogens with zero attached hydrogens (tertiary/aromatic N) is 1. The number of carbonyl (C=O) groups is 1. The van der Waals surface area contributed by atoms with Crippen LogP contribution in [0.4, 0.5) is 0 Å². The van der Waals surface area contributed by atoms with Gasteiger partial charge in [-0.05, 0) is 35.9 Å². The van der Waals surface area contributed by atoms with Crippen LogP contribution in [0.3, 0.4) is 0 Å². The highest BCUT2D eigenvalue weighted by atomic mass is 16.5. The first-order chi connectivity index (χ1) is 11.3. The zero-order chi connectivity index (χ0) is 15.9. The van der Waals surface area contributed by atoms with Crippen LogP contribution in [0, 0.1) is 0 Å². The van der Waals surface area contributed by atoms with Crippen molar-refractivity contribution >= 4 is 18.4 Å². The van der Waals surface area contributed by atoms with Crippen molar-refractivity contribution in [2.45, 2.75) is 6.61 Å². The van der Waals surface area contributed by atoms with Crippen LogP contribution in [-0.4, -0.2) is 11.3 Å². The monoisotopic (exact) mass is 305 g/mol. The highest BCUT2D eigenvalue weighted by molar-refractivity contribution is 5.74. The molecule has 0 atom stereocenters. The quantitative estimate of drug-likeness (QED) is 0.639. The van der Waals surface area contributed by atoms with Gasteiger partial charge in [0.05, 0.1) is 0 Å². The molecule has 3 rings (SSSR count). The summed E-state index contributed by atoms with van der Waals surface area (Å²) in [5.41, 5.74) is 2.41. The van der Waals surface area contributed by atoms with Crippen molar-refractivity contribution in [1.82, 2.24) is 4.98 Å². The van der Waals surface area contributed by atoms with Crippen molar-refractivity contribution in [3.8, 4) is 5.75 Å². The van der Waals surface area contributed by atoms with E-state index in [-0.39, 0.29) is 0 Å². The van der Waals surface area contributed by atoms with Crippen molar-refractivity contribution in [2.24, 2.45) is 0 Å². The fourth-order valence-corrected chi connectivity index (χ4v) is 2.00. The summed E-state index contributed by atoms with van der Waals surface area (Å²) in [6.45, 7) is 0.309. The third kappa shape index (κ3) is 4.17. The van der Waals surface area contributed by atoms with Crippen molar-refractivity contribution in [3.63, 3.8) is 0 Å². The lowest BCUT2D eigenvalue weighted by Gasteiger charge is -2.03. The molecule has 0 radical (unpaired) electrons. The molecule has 23 heavy (non-hydrogen) atoms. The van der Waals surface area contributed by atoms with Gasteiger partial charge in [0.15, 0.2) is 0 Å². The summed E-state index contributed by atoms with van der Waals surface area (Å²) in [5.74, 6) is 1.21. The van der Waals surface area contributed by atoms with Crippen LogP contribution in [0.15, 0.2) is 65.3 Å². The molecule has 1 heterocycles. The van der Waals surface area contributed by atoms with Crippen molar-refractivity contribution in [3.05, 3.63) is 83.6 Å². The second-order valence-corrected chi connectivity index (χ2v) is 4.90. The van der Waals surface area contributed by atoms with E-state index in [1.165, 1.54) is 0 Å². The Balaban J connectivity index is 1.58. The first kappa shape index (κ1) is 14.8. The second kappa shape index (κ2) is 7.22. The van der Waals surface area contributed by atoms with Gasteiger partial charge in [-0.1, -0.05) is 30.3 Å². The van der Waals surface area contributed by atoms with E-state index < -0.39 is 0 Å². The van der Waals surface area contributed by atoms with Gasteiger partial charge in [-0.15, -0.1) is 0 Å². The lowest BCUT2D eigenvalue weighted by molar-refractivity contribution is 0.112. The van der Waals surface area contributed by atoms with Crippen LogP contribution in [0.1, 0.15) is 27.5 Å². The fraction of sp³-hybridized carbons (Fsp3) is 0.0526. The summed E-state index contributed by atoms with van der Waals surface area (Å²) < 4.78 is 11.0. The van der Waals surface area contributed by atoms with Gasteiger partial charge in [0.25, 0.3) is 0 Å². The normalized spacial score (nSPS) is 10.8. The highest BCUT2D eigenvalue weighted by Crippen LogP contribution is 2.14. The third-order valence-electron chi connectivity index (χ3n) is 3.19. The molecular formula is C19H15NO3. The summed E-state index contributed by atoms with van der Waals surface area (Å²) in [4.78, 5) is 14.9. The molecule has 0 saturated carbocycles. The number of ether oxygens (including phenoxy) is 1. The number of hydrogen-bond donors (Lipinski definition) is 0. The predicted octanol–water partition coefficient (Wildman–Crippen LogP) is 4.24. The third-order valence-corrected chi connectivity index (χ3v) is 3.19. The zero-order valence-corrected chi connectivity index (χ0v) is 12.4. The minimum atomic E-state index is 0.309. The molecule has 0 fully saturated rings. The van der Waals surface area contributed by atoms with Crippen LogP contribution in [0.2, 0.25) is 0 Å². The van der Waals surface area contributed by atoms with Gasteiger partial charge in [0.2, 0.25) is 5.89 Å². The van der Waals surface area contributed by atoms with E-state index >= 15 is 0 Å². The molecule has 0 amide bonds. The van der Waals surface area contributed by atoms with Crippen LogP contribution in [-0.2, 0) is 6.61 Å². The summed E-state index contributed by atoms with van der Waals surface area (Å²) >= 11 is 0. The Hall–Kier alpha value is -3.14. The summed E-state index contributed by atoms with van der Waals surface area (Å²) in [6.07, 6.45) is 6.13. The van der Waals surface area contributed by atoms with E-state index in [1.807, 2.05) is 42.5 Å². The molecule has 0 aliphatic rings. The smallest absolute Gasteiger partial charge is 0.218 e. The van der Waals surface area contributed by atoms with E-state index in [0.29, 0.717) is 29.5 Å². The lowest BCUT2D eigenvalue weighted by Crippen LogP contribution is -1.95. The number of carbonyl (C=O) groups excluding carboxylic acids is 1. The van der Waals surface area contributed by atoms with Crippen molar-refractivity contribution in [2.75, 3.05) is 0 Å². The van der Waals surface area contributed by atoms with Crippen LogP contribution >= 0.6 is 0 Å². The summed E-state index contributed by atoms with van der Waals surface area (Å²) in [5, 5.41) is 0. The largest absolute Gasteiger partial charge is 0.487 e. The molecule has 0 saturated heterocycles. The maximum atomic E-state index is 10.6. The number of aromatic nitrogens is 1. The number of benzene rings is 2. The van der Waals surface area contributed by atoms with Crippen molar-refractivity contribution < 1.29 is 13.9 Å². The number of rotatable bonds is 6. The maximum Gasteiger partial charge on any atom is 0.218 e. The molecule has 0 N–H and O–H groups in total. The first-order valence-corrected chi connectivity index (χ1v) is 7.19. The van der Waals surface area contributed by atoms with E-state index in [9.17, 15) is 4.79 Å². The molecule has 0 unspecified atom stereocenters. The molecule has 0 aliphatic heterocycles. The maximum absolute atomic E-state index is 10.6. The standard InChI is InChI=1S/C19H15NO3/c21-12-16-6-9-18(10-7-16)22-13-17-14-23-19(20-17)11-8-15-4-2-1-3-5-15/h1-12,14H,13H2. The second-order valence-electron chi connectivity index (χ2n) is 4.90. The topological polar surface area (TPSA) is 52.3 Å². The van der Waals surface area contributed by atoms with E-state index in [4.69, 9.17) is 9.15 Å². The van der Waals surface area contributed by atoms with E-state index in [1.54, 1.807) is 30.5 Å². The van der Waals surface area contributed by atoms with Gasteiger partial charge in [0, 0.05) is 11.6 Å². The Morgan fingerprint density at radius 2 is 1.74 bits per heavy atom. The Bertz CT molecular complexity index is 789. The molecule has 4 heteroatoms. The molecule has 1 aromatic heterocycles. The average Bonchev–Trinajstić information content (AvgIpc) is 3.07. The Kier molecular flexibility index (Phi) is 4.64. The zero-order valence-electron chi connectivity index (χ0n) is 12.4. The Labute approximate surface area is 134 Å². The van der Waals surface area contributed by atoms with Gasteiger partial charge >= 0.3 is 0 Å². The minimum Gasteiger partial charge on any atom is -0.487 e.